The Labute approximate surface area is 160 Å². The second kappa shape index (κ2) is 10.7. The van der Waals surface area contributed by atoms with Gasteiger partial charge in [-0.15, -0.1) is 0 Å². The maximum Gasteiger partial charge on any atom is 0.160 e. The van der Waals surface area contributed by atoms with Crippen molar-refractivity contribution in [3.8, 4) is 11.5 Å². The summed E-state index contributed by atoms with van der Waals surface area (Å²) in [6.07, 6.45) is 0.909. The van der Waals surface area contributed by atoms with E-state index in [4.69, 9.17) is 4.74 Å². The van der Waals surface area contributed by atoms with Crippen LogP contribution >= 0.6 is 0 Å². The molecule has 2 aromatic rings. The van der Waals surface area contributed by atoms with Crippen molar-refractivity contribution in [1.82, 2.24) is 4.90 Å². The molecule has 0 atom stereocenters. The summed E-state index contributed by atoms with van der Waals surface area (Å²) in [6.45, 7) is 8.92. The number of hydrogen-bond acceptors (Lipinski definition) is 4. The van der Waals surface area contributed by atoms with Gasteiger partial charge in [-0.2, -0.15) is 0 Å². The first-order chi connectivity index (χ1) is 13.1. The molecule has 0 amide bonds. The van der Waals surface area contributed by atoms with Crippen LogP contribution in [0.5, 0.6) is 11.5 Å². The van der Waals surface area contributed by atoms with E-state index in [9.17, 15) is 13.9 Å². The van der Waals surface area contributed by atoms with Crippen molar-refractivity contribution in [3.63, 3.8) is 0 Å². The fourth-order valence-electron chi connectivity index (χ4n) is 2.93. The van der Waals surface area contributed by atoms with Gasteiger partial charge in [0.05, 0.1) is 6.61 Å². The molecule has 0 bridgehead atoms. The van der Waals surface area contributed by atoms with Crippen LogP contribution in [0.3, 0.4) is 0 Å². The zero-order valence-corrected chi connectivity index (χ0v) is 16.0. The van der Waals surface area contributed by atoms with Crippen LogP contribution in [-0.2, 0) is 0 Å². The number of ether oxygens (including phenoxy) is 1. The molecule has 6 heteroatoms. The third-order valence-electron chi connectivity index (χ3n) is 4.36. The van der Waals surface area contributed by atoms with Crippen LogP contribution in [0.1, 0.15) is 20.3 Å². The van der Waals surface area contributed by atoms with E-state index in [1.807, 2.05) is 13.8 Å². The standard InChI is InChI=1S/C19H22F2N2O2.C2H6/c20-18-7-2-15(14-19(18)21)23-11-9-22(10-12-23)8-1-13-25-17-5-3-16(24)4-6-17;1-2/h2-7,14,24H,1,8-13H2;1-2H3. The van der Waals surface area contributed by atoms with Gasteiger partial charge in [0.1, 0.15) is 11.5 Å². The van der Waals surface area contributed by atoms with E-state index in [2.05, 4.69) is 9.80 Å². The molecule has 3 rings (SSSR count). The SMILES string of the molecule is CC.Oc1ccc(OCCCN2CCN(c3ccc(F)c(F)c3)CC2)cc1. The van der Waals surface area contributed by atoms with Crippen LogP contribution in [0.2, 0.25) is 0 Å². The molecular weight excluding hydrogens is 350 g/mol. The number of hydrogen-bond donors (Lipinski definition) is 1. The minimum atomic E-state index is -0.809. The lowest BCUT2D eigenvalue weighted by molar-refractivity contribution is 0.224. The predicted molar refractivity (Wildman–Crippen MR) is 105 cm³/mol. The molecule has 2 aromatic carbocycles. The molecule has 1 aliphatic heterocycles. The molecule has 1 N–H and O–H groups in total. The molecular formula is C21H28F2N2O2. The Morgan fingerprint density at radius 1 is 0.926 bits per heavy atom. The van der Waals surface area contributed by atoms with Gasteiger partial charge < -0.3 is 14.7 Å². The molecule has 148 valence electrons. The third kappa shape index (κ3) is 6.40. The second-order valence-electron chi connectivity index (χ2n) is 6.12. The first-order valence-electron chi connectivity index (χ1n) is 9.46. The molecule has 0 unspecified atom stereocenters. The highest BCUT2D eigenvalue weighted by Gasteiger charge is 2.17. The van der Waals surface area contributed by atoms with Crippen LogP contribution < -0.4 is 9.64 Å². The normalized spacial score (nSPS) is 14.4. The highest BCUT2D eigenvalue weighted by Crippen LogP contribution is 2.20. The maximum atomic E-state index is 13.3. The molecule has 0 saturated carbocycles. The maximum absolute atomic E-state index is 13.3. The topological polar surface area (TPSA) is 35.9 Å². The molecule has 1 aliphatic rings. The number of nitrogens with zero attached hydrogens (tertiary/aromatic N) is 2. The summed E-state index contributed by atoms with van der Waals surface area (Å²) < 4.78 is 32.0. The van der Waals surface area contributed by atoms with Gasteiger partial charge in [0, 0.05) is 44.5 Å². The van der Waals surface area contributed by atoms with Gasteiger partial charge in [0.25, 0.3) is 0 Å². The summed E-state index contributed by atoms with van der Waals surface area (Å²) in [7, 11) is 0. The smallest absolute Gasteiger partial charge is 0.160 e. The molecule has 0 spiro atoms. The van der Waals surface area contributed by atoms with E-state index in [0.29, 0.717) is 6.61 Å². The first-order valence-corrected chi connectivity index (χ1v) is 9.46. The van der Waals surface area contributed by atoms with Crippen molar-refractivity contribution in [1.29, 1.82) is 0 Å². The number of halogens is 2. The van der Waals surface area contributed by atoms with Crippen LogP contribution in [0, 0.1) is 11.6 Å². The van der Waals surface area contributed by atoms with E-state index in [1.54, 1.807) is 30.3 Å². The number of phenols is 1. The Morgan fingerprint density at radius 2 is 1.59 bits per heavy atom. The minimum Gasteiger partial charge on any atom is -0.508 e. The summed E-state index contributed by atoms with van der Waals surface area (Å²) >= 11 is 0. The van der Waals surface area contributed by atoms with Gasteiger partial charge in [0.15, 0.2) is 11.6 Å². The average Bonchev–Trinajstić information content (AvgIpc) is 2.71. The van der Waals surface area contributed by atoms with E-state index in [-0.39, 0.29) is 5.75 Å². The molecule has 27 heavy (non-hydrogen) atoms. The number of piperazine rings is 1. The number of anilines is 1. The molecule has 1 fully saturated rings. The number of rotatable bonds is 6. The average molecular weight is 378 g/mol. The summed E-state index contributed by atoms with van der Waals surface area (Å²) in [5.74, 6) is -0.630. The van der Waals surface area contributed by atoms with Crippen LogP contribution in [-0.4, -0.2) is 49.3 Å². The molecule has 0 aliphatic carbocycles. The molecule has 4 nitrogen and oxygen atoms in total. The van der Waals surface area contributed by atoms with E-state index in [0.717, 1.165) is 50.6 Å². The van der Waals surface area contributed by atoms with Crippen molar-refractivity contribution in [3.05, 3.63) is 54.1 Å². The van der Waals surface area contributed by atoms with Crippen molar-refractivity contribution in [2.24, 2.45) is 0 Å². The lowest BCUT2D eigenvalue weighted by Gasteiger charge is -2.36. The molecule has 0 aromatic heterocycles. The predicted octanol–water partition coefficient (Wildman–Crippen LogP) is 4.29. The van der Waals surface area contributed by atoms with Crippen LogP contribution in [0.4, 0.5) is 14.5 Å². The van der Waals surface area contributed by atoms with Crippen LogP contribution in [0.25, 0.3) is 0 Å². The quantitative estimate of drug-likeness (QED) is 0.761. The lowest BCUT2D eigenvalue weighted by Crippen LogP contribution is -2.46. The first kappa shape index (κ1) is 21.0. The van der Waals surface area contributed by atoms with Crippen molar-refractivity contribution < 1.29 is 18.6 Å². The summed E-state index contributed by atoms with van der Waals surface area (Å²) in [5, 5.41) is 9.23. The molecule has 1 saturated heterocycles. The lowest BCUT2D eigenvalue weighted by atomic mass is 10.2. The van der Waals surface area contributed by atoms with Gasteiger partial charge in [-0.25, -0.2) is 8.78 Å². The Bertz CT molecular complexity index is 687. The van der Waals surface area contributed by atoms with Crippen molar-refractivity contribution in [2.45, 2.75) is 20.3 Å². The van der Waals surface area contributed by atoms with Gasteiger partial charge in [-0.05, 0) is 42.8 Å². The molecule has 1 heterocycles. The van der Waals surface area contributed by atoms with E-state index in [1.165, 1.54) is 12.1 Å². The van der Waals surface area contributed by atoms with Crippen molar-refractivity contribution >= 4 is 5.69 Å². The number of aromatic hydroxyl groups is 1. The number of benzene rings is 2. The Balaban J connectivity index is 0.00000126. The zero-order chi connectivity index (χ0) is 19.6. The second-order valence-corrected chi connectivity index (χ2v) is 6.12. The minimum absolute atomic E-state index is 0.228. The highest BCUT2D eigenvalue weighted by molar-refractivity contribution is 5.47. The summed E-state index contributed by atoms with van der Waals surface area (Å²) in [5.41, 5.74) is 0.731. The van der Waals surface area contributed by atoms with E-state index < -0.39 is 11.6 Å². The Hall–Kier alpha value is -2.34. The monoisotopic (exact) mass is 378 g/mol. The van der Waals surface area contributed by atoms with E-state index >= 15 is 0 Å². The Morgan fingerprint density at radius 3 is 2.22 bits per heavy atom. The van der Waals surface area contributed by atoms with Crippen LogP contribution in [0.15, 0.2) is 42.5 Å². The number of phenolic OH excluding ortho intramolecular Hbond substituents is 1. The summed E-state index contributed by atoms with van der Waals surface area (Å²) in [6, 6.07) is 10.8. The van der Waals surface area contributed by atoms with Gasteiger partial charge in [0.2, 0.25) is 0 Å². The van der Waals surface area contributed by atoms with Gasteiger partial charge in [-0.3, -0.25) is 4.90 Å². The third-order valence-corrected chi connectivity index (χ3v) is 4.36. The Kier molecular flexibility index (Phi) is 8.33. The fraction of sp³-hybridized carbons (Fsp3) is 0.429. The fourth-order valence-corrected chi connectivity index (χ4v) is 2.93. The molecule has 0 radical (unpaired) electrons. The zero-order valence-electron chi connectivity index (χ0n) is 16.0. The van der Waals surface area contributed by atoms with Crippen molar-refractivity contribution in [2.75, 3.05) is 44.2 Å². The highest BCUT2D eigenvalue weighted by atomic mass is 19.2. The van der Waals surface area contributed by atoms with Gasteiger partial charge >= 0.3 is 0 Å². The summed E-state index contributed by atoms with van der Waals surface area (Å²) in [4.78, 5) is 4.42. The van der Waals surface area contributed by atoms with Gasteiger partial charge in [-0.1, -0.05) is 13.8 Å². The largest absolute Gasteiger partial charge is 0.508 e.